The first-order chi connectivity index (χ1) is 9.02. The molecule has 0 aromatic heterocycles. The molecule has 0 saturated carbocycles. The number of nitro benzene ring substituents is 1. The number of hydrogen-bond donors (Lipinski definition) is 1. The first-order valence-corrected chi connectivity index (χ1v) is 7.03. The summed E-state index contributed by atoms with van der Waals surface area (Å²) >= 11 is 1.80. The van der Waals surface area contributed by atoms with Gasteiger partial charge in [0.25, 0.3) is 0 Å². The van der Waals surface area contributed by atoms with E-state index in [2.05, 4.69) is 0 Å². The minimum absolute atomic E-state index is 0.154. The molecule has 1 saturated heterocycles. The number of nitrogens with zero attached hydrogens (tertiary/aromatic N) is 2. The average Bonchev–Trinajstić information content (AvgIpc) is 2.38. The van der Waals surface area contributed by atoms with Gasteiger partial charge in [0.15, 0.2) is 0 Å². The number of carboxylic acid groups (broad SMARTS) is 1. The molecule has 6 nitrogen and oxygen atoms in total. The molecule has 0 bridgehead atoms. The summed E-state index contributed by atoms with van der Waals surface area (Å²) in [7, 11) is 0. The largest absolute Gasteiger partial charge is 0.477 e. The summed E-state index contributed by atoms with van der Waals surface area (Å²) in [5, 5.41) is 20.3. The molecule has 1 heterocycles. The van der Waals surface area contributed by atoms with Crippen molar-refractivity contribution in [1.29, 1.82) is 0 Å². The Kier molecular flexibility index (Phi) is 3.94. The molecule has 1 atom stereocenters. The number of anilines is 1. The summed E-state index contributed by atoms with van der Waals surface area (Å²) in [6, 6.07) is 4.60. The highest BCUT2D eigenvalue weighted by atomic mass is 32.2. The molecule has 1 N–H and O–H groups in total. The number of carboxylic acids is 1. The van der Waals surface area contributed by atoms with Crippen LogP contribution in [-0.4, -0.2) is 40.1 Å². The highest BCUT2D eigenvalue weighted by Crippen LogP contribution is 2.34. The highest BCUT2D eigenvalue weighted by molar-refractivity contribution is 7.99. The van der Waals surface area contributed by atoms with E-state index in [1.165, 1.54) is 6.07 Å². The van der Waals surface area contributed by atoms with Crippen LogP contribution in [0.1, 0.15) is 17.3 Å². The molecule has 1 aliphatic heterocycles. The number of para-hydroxylation sites is 1. The fourth-order valence-corrected chi connectivity index (χ4v) is 3.23. The van der Waals surface area contributed by atoms with E-state index < -0.39 is 10.9 Å². The molecule has 1 unspecified atom stereocenters. The Labute approximate surface area is 114 Å². The number of benzene rings is 1. The summed E-state index contributed by atoms with van der Waals surface area (Å²) in [5.74, 6) is 0.500. The third-order valence-electron chi connectivity index (χ3n) is 3.10. The zero-order chi connectivity index (χ0) is 14.0. The monoisotopic (exact) mass is 282 g/mol. The third kappa shape index (κ3) is 2.65. The van der Waals surface area contributed by atoms with Gasteiger partial charge in [-0.3, -0.25) is 10.1 Å². The van der Waals surface area contributed by atoms with Crippen LogP contribution in [0.5, 0.6) is 0 Å². The van der Waals surface area contributed by atoms with E-state index in [4.69, 9.17) is 5.11 Å². The first kappa shape index (κ1) is 13.7. The Hall–Kier alpha value is -1.76. The maximum Gasteiger partial charge on any atom is 0.342 e. The lowest BCUT2D eigenvalue weighted by atomic mass is 10.1. The van der Waals surface area contributed by atoms with Crippen LogP contribution in [0, 0.1) is 10.1 Å². The van der Waals surface area contributed by atoms with Crippen LogP contribution in [0.3, 0.4) is 0 Å². The van der Waals surface area contributed by atoms with Crippen molar-refractivity contribution in [3.05, 3.63) is 33.9 Å². The lowest BCUT2D eigenvalue weighted by Crippen LogP contribution is -2.40. The fraction of sp³-hybridized carbons (Fsp3) is 0.417. The Balaban J connectivity index is 2.53. The van der Waals surface area contributed by atoms with Crippen LogP contribution < -0.4 is 4.90 Å². The molecule has 1 aromatic carbocycles. The van der Waals surface area contributed by atoms with Crippen LogP contribution in [0.4, 0.5) is 11.4 Å². The molecule has 2 rings (SSSR count). The van der Waals surface area contributed by atoms with E-state index in [-0.39, 0.29) is 17.3 Å². The molecule has 0 spiro atoms. The predicted octanol–water partition coefficient (Wildman–Crippen LogP) is 2.23. The van der Waals surface area contributed by atoms with E-state index in [1.807, 2.05) is 11.8 Å². The topological polar surface area (TPSA) is 83.7 Å². The number of thioether (sulfide) groups is 1. The minimum Gasteiger partial charge on any atom is -0.477 e. The van der Waals surface area contributed by atoms with E-state index in [1.54, 1.807) is 23.9 Å². The Morgan fingerprint density at radius 1 is 1.58 bits per heavy atom. The molecule has 1 aliphatic rings. The van der Waals surface area contributed by atoms with Crippen LogP contribution in [0.25, 0.3) is 0 Å². The van der Waals surface area contributed by atoms with Gasteiger partial charge in [-0.05, 0) is 19.1 Å². The van der Waals surface area contributed by atoms with Gasteiger partial charge < -0.3 is 10.0 Å². The van der Waals surface area contributed by atoms with Crippen molar-refractivity contribution in [2.45, 2.75) is 13.0 Å². The molecule has 1 aromatic rings. The minimum atomic E-state index is -1.27. The van der Waals surface area contributed by atoms with Gasteiger partial charge in [-0.2, -0.15) is 11.8 Å². The molecule has 0 aliphatic carbocycles. The Morgan fingerprint density at radius 2 is 2.32 bits per heavy atom. The van der Waals surface area contributed by atoms with Crippen molar-refractivity contribution in [2.24, 2.45) is 0 Å². The Bertz CT molecular complexity index is 520. The maximum absolute atomic E-state index is 11.2. The van der Waals surface area contributed by atoms with Gasteiger partial charge in [0.2, 0.25) is 0 Å². The number of nitro groups is 1. The molecule has 0 amide bonds. The van der Waals surface area contributed by atoms with Gasteiger partial charge in [0.05, 0.1) is 4.92 Å². The maximum atomic E-state index is 11.2. The molecule has 102 valence electrons. The van der Waals surface area contributed by atoms with Crippen LogP contribution in [0.2, 0.25) is 0 Å². The van der Waals surface area contributed by atoms with Gasteiger partial charge in [0, 0.05) is 24.1 Å². The summed E-state index contributed by atoms with van der Waals surface area (Å²) in [5.41, 5.74) is -0.167. The van der Waals surface area contributed by atoms with Gasteiger partial charge in [-0.1, -0.05) is 6.07 Å². The van der Waals surface area contributed by atoms with E-state index in [0.29, 0.717) is 12.2 Å². The number of carbonyl (C=O) groups is 1. The SMILES string of the molecule is CC1CSCCN1c1cccc(C(=O)O)c1[N+](=O)[O-]. The van der Waals surface area contributed by atoms with Crippen LogP contribution in [-0.2, 0) is 0 Å². The zero-order valence-electron chi connectivity index (χ0n) is 10.4. The summed E-state index contributed by atoms with van der Waals surface area (Å²) in [6.45, 7) is 2.68. The lowest BCUT2D eigenvalue weighted by Gasteiger charge is -2.34. The number of hydrogen-bond acceptors (Lipinski definition) is 5. The molecular formula is C12H14N2O4S. The van der Waals surface area contributed by atoms with Crippen molar-refractivity contribution >= 4 is 29.1 Å². The fourth-order valence-electron chi connectivity index (χ4n) is 2.21. The van der Waals surface area contributed by atoms with E-state index in [0.717, 1.165) is 11.5 Å². The second-order valence-electron chi connectivity index (χ2n) is 4.35. The average molecular weight is 282 g/mol. The van der Waals surface area contributed by atoms with Crippen molar-refractivity contribution in [3.8, 4) is 0 Å². The normalized spacial score (nSPS) is 19.2. The summed E-state index contributed by atoms with van der Waals surface area (Å²) < 4.78 is 0. The molecule has 0 radical (unpaired) electrons. The van der Waals surface area contributed by atoms with Gasteiger partial charge in [-0.15, -0.1) is 0 Å². The van der Waals surface area contributed by atoms with Gasteiger partial charge >= 0.3 is 11.7 Å². The van der Waals surface area contributed by atoms with Gasteiger partial charge in [-0.25, -0.2) is 4.79 Å². The molecular weight excluding hydrogens is 268 g/mol. The lowest BCUT2D eigenvalue weighted by molar-refractivity contribution is -0.384. The van der Waals surface area contributed by atoms with Crippen LogP contribution >= 0.6 is 11.8 Å². The standard InChI is InChI=1S/C12H14N2O4S/c1-8-7-19-6-5-13(8)10-4-2-3-9(12(15)16)11(10)14(17)18/h2-4,8H,5-7H2,1H3,(H,15,16). The third-order valence-corrected chi connectivity index (χ3v) is 4.29. The van der Waals surface area contributed by atoms with Crippen molar-refractivity contribution in [2.75, 3.05) is 23.0 Å². The molecule has 1 fully saturated rings. The Morgan fingerprint density at radius 3 is 2.89 bits per heavy atom. The highest BCUT2D eigenvalue weighted by Gasteiger charge is 2.30. The predicted molar refractivity (Wildman–Crippen MR) is 74.2 cm³/mol. The second kappa shape index (κ2) is 5.48. The van der Waals surface area contributed by atoms with Crippen molar-refractivity contribution < 1.29 is 14.8 Å². The van der Waals surface area contributed by atoms with Crippen LogP contribution in [0.15, 0.2) is 18.2 Å². The summed E-state index contributed by atoms with van der Waals surface area (Å²) in [4.78, 5) is 23.6. The van der Waals surface area contributed by atoms with Crippen molar-refractivity contribution in [3.63, 3.8) is 0 Å². The first-order valence-electron chi connectivity index (χ1n) is 5.87. The number of rotatable bonds is 3. The quantitative estimate of drug-likeness (QED) is 0.676. The molecule has 19 heavy (non-hydrogen) atoms. The second-order valence-corrected chi connectivity index (χ2v) is 5.50. The smallest absolute Gasteiger partial charge is 0.342 e. The van der Waals surface area contributed by atoms with Crippen molar-refractivity contribution in [1.82, 2.24) is 0 Å². The van der Waals surface area contributed by atoms with E-state index >= 15 is 0 Å². The molecule has 7 heteroatoms. The number of aromatic carboxylic acids is 1. The summed E-state index contributed by atoms with van der Waals surface area (Å²) in [6.07, 6.45) is 0. The zero-order valence-corrected chi connectivity index (χ0v) is 11.2. The van der Waals surface area contributed by atoms with Gasteiger partial charge in [0.1, 0.15) is 11.3 Å². The van der Waals surface area contributed by atoms with E-state index in [9.17, 15) is 14.9 Å².